The van der Waals surface area contributed by atoms with Gasteiger partial charge in [-0.3, -0.25) is 0 Å². The molecule has 0 spiro atoms. The molecule has 2 unspecified atom stereocenters. The lowest BCUT2D eigenvalue weighted by Crippen LogP contribution is -2.53. The fourth-order valence-corrected chi connectivity index (χ4v) is 3.07. The average Bonchev–Trinajstić information content (AvgIpc) is 2.32. The standard InChI is InChI=1S/C16H33NO/c1-6-13(3)12-14(17)16(18-7-2)10-8-15(4,5)9-11-16/h13-14H,6-12,17H2,1-5H3. The predicted molar refractivity (Wildman–Crippen MR) is 78.7 cm³/mol. The highest BCUT2D eigenvalue weighted by Crippen LogP contribution is 2.44. The fourth-order valence-electron chi connectivity index (χ4n) is 3.07. The van der Waals surface area contributed by atoms with Crippen molar-refractivity contribution in [3.8, 4) is 0 Å². The Bertz CT molecular complexity index is 239. The van der Waals surface area contributed by atoms with Crippen molar-refractivity contribution >= 4 is 0 Å². The second kappa shape index (κ2) is 6.38. The van der Waals surface area contributed by atoms with Gasteiger partial charge in [0, 0.05) is 12.6 Å². The maximum atomic E-state index is 6.51. The Morgan fingerprint density at radius 1 is 1.11 bits per heavy atom. The zero-order valence-corrected chi connectivity index (χ0v) is 13.1. The van der Waals surface area contributed by atoms with E-state index in [1.165, 1.54) is 19.3 Å². The van der Waals surface area contributed by atoms with Gasteiger partial charge in [0.05, 0.1) is 5.60 Å². The maximum Gasteiger partial charge on any atom is 0.0832 e. The Labute approximate surface area is 114 Å². The number of hydrogen-bond donors (Lipinski definition) is 1. The third kappa shape index (κ3) is 3.96. The van der Waals surface area contributed by atoms with E-state index in [1.807, 2.05) is 0 Å². The van der Waals surface area contributed by atoms with Crippen LogP contribution in [0.2, 0.25) is 0 Å². The van der Waals surface area contributed by atoms with Crippen molar-refractivity contribution in [2.75, 3.05) is 6.61 Å². The van der Waals surface area contributed by atoms with E-state index in [-0.39, 0.29) is 11.6 Å². The van der Waals surface area contributed by atoms with Crippen molar-refractivity contribution < 1.29 is 4.74 Å². The normalized spacial score (nSPS) is 25.7. The minimum absolute atomic E-state index is 0.0479. The maximum absolute atomic E-state index is 6.51. The smallest absolute Gasteiger partial charge is 0.0832 e. The van der Waals surface area contributed by atoms with Gasteiger partial charge in [0.15, 0.2) is 0 Å². The molecule has 0 radical (unpaired) electrons. The molecule has 108 valence electrons. The summed E-state index contributed by atoms with van der Waals surface area (Å²) in [5, 5.41) is 0. The van der Waals surface area contributed by atoms with E-state index < -0.39 is 0 Å². The summed E-state index contributed by atoms with van der Waals surface area (Å²) in [4.78, 5) is 0. The molecule has 2 N–H and O–H groups in total. The lowest BCUT2D eigenvalue weighted by atomic mass is 9.67. The molecular weight excluding hydrogens is 222 g/mol. The molecule has 1 aliphatic rings. The summed E-state index contributed by atoms with van der Waals surface area (Å²) in [5.74, 6) is 0.701. The predicted octanol–water partition coefficient (Wildman–Crippen LogP) is 4.13. The summed E-state index contributed by atoms with van der Waals surface area (Å²) in [6, 6.07) is 0.198. The van der Waals surface area contributed by atoms with Crippen molar-refractivity contribution in [1.82, 2.24) is 0 Å². The highest BCUT2D eigenvalue weighted by Gasteiger charge is 2.43. The lowest BCUT2D eigenvalue weighted by Gasteiger charge is -2.47. The SMILES string of the molecule is CCOC1(C(N)CC(C)CC)CCC(C)(C)CC1. The van der Waals surface area contributed by atoms with Crippen molar-refractivity contribution in [1.29, 1.82) is 0 Å². The second-order valence-corrected chi connectivity index (χ2v) is 7.02. The van der Waals surface area contributed by atoms with Crippen LogP contribution < -0.4 is 5.73 Å². The van der Waals surface area contributed by atoms with Gasteiger partial charge in [0.2, 0.25) is 0 Å². The topological polar surface area (TPSA) is 35.2 Å². The highest BCUT2D eigenvalue weighted by molar-refractivity contribution is 4.97. The number of ether oxygens (including phenoxy) is 1. The molecule has 2 nitrogen and oxygen atoms in total. The van der Waals surface area contributed by atoms with Crippen LogP contribution >= 0.6 is 0 Å². The number of rotatable bonds is 6. The van der Waals surface area contributed by atoms with E-state index in [4.69, 9.17) is 10.5 Å². The molecule has 1 fully saturated rings. The number of hydrogen-bond acceptors (Lipinski definition) is 2. The molecule has 1 rings (SSSR count). The quantitative estimate of drug-likeness (QED) is 0.774. The summed E-state index contributed by atoms with van der Waals surface area (Å²) >= 11 is 0. The van der Waals surface area contributed by atoms with Crippen LogP contribution in [0.5, 0.6) is 0 Å². The van der Waals surface area contributed by atoms with Crippen LogP contribution in [-0.2, 0) is 4.74 Å². The van der Waals surface area contributed by atoms with E-state index in [1.54, 1.807) is 0 Å². The van der Waals surface area contributed by atoms with Crippen molar-refractivity contribution in [3.05, 3.63) is 0 Å². The minimum Gasteiger partial charge on any atom is -0.374 e. The van der Waals surface area contributed by atoms with Crippen LogP contribution in [0.3, 0.4) is 0 Å². The van der Waals surface area contributed by atoms with Gasteiger partial charge in [-0.05, 0) is 50.4 Å². The molecule has 18 heavy (non-hydrogen) atoms. The Kier molecular flexibility index (Phi) is 5.67. The summed E-state index contributed by atoms with van der Waals surface area (Å²) in [7, 11) is 0. The molecule has 0 aromatic carbocycles. The van der Waals surface area contributed by atoms with Crippen LogP contribution in [0, 0.1) is 11.3 Å². The van der Waals surface area contributed by atoms with E-state index >= 15 is 0 Å². The van der Waals surface area contributed by atoms with Crippen LogP contribution in [0.15, 0.2) is 0 Å². The van der Waals surface area contributed by atoms with Gasteiger partial charge < -0.3 is 10.5 Å². The van der Waals surface area contributed by atoms with E-state index in [0.717, 1.165) is 25.9 Å². The minimum atomic E-state index is -0.0479. The largest absolute Gasteiger partial charge is 0.374 e. The van der Waals surface area contributed by atoms with Gasteiger partial charge >= 0.3 is 0 Å². The van der Waals surface area contributed by atoms with Gasteiger partial charge in [-0.15, -0.1) is 0 Å². The molecule has 0 heterocycles. The zero-order chi connectivity index (χ0) is 13.8. The van der Waals surface area contributed by atoms with Crippen molar-refractivity contribution in [3.63, 3.8) is 0 Å². The highest BCUT2D eigenvalue weighted by atomic mass is 16.5. The van der Waals surface area contributed by atoms with E-state index in [2.05, 4.69) is 34.6 Å². The third-order valence-electron chi connectivity index (χ3n) is 4.91. The van der Waals surface area contributed by atoms with Gasteiger partial charge in [0.25, 0.3) is 0 Å². The Morgan fingerprint density at radius 2 is 1.67 bits per heavy atom. The van der Waals surface area contributed by atoms with Gasteiger partial charge in [0.1, 0.15) is 0 Å². The summed E-state index contributed by atoms with van der Waals surface area (Å²) in [5.41, 5.74) is 6.93. The molecule has 0 aromatic rings. The van der Waals surface area contributed by atoms with E-state index in [0.29, 0.717) is 11.3 Å². The fraction of sp³-hybridized carbons (Fsp3) is 1.00. The molecule has 0 aliphatic heterocycles. The van der Waals surface area contributed by atoms with Crippen LogP contribution in [-0.4, -0.2) is 18.2 Å². The summed E-state index contributed by atoms with van der Waals surface area (Å²) in [6.07, 6.45) is 7.04. The first kappa shape index (κ1) is 16.0. The first-order valence-corrected chi connectivity index (χ1v) is 7.75. The molecular formula is C16H33NO. The van der Waals surface area contributed by atoms with Crippen LogP contribution in [0.1, 0.15) is 73.1 Å². The third-order valence-corrected chi connectivity index (χ3v) is 4.91. The summed E-state index contributed by atoms with van der Waals surface area (Å²) in [6.45, 7) is 12.2. The molecule has 2 heteroatoms. The molecule has 2 atom stereocenters. The molecule has 1 saturated carbocycles. The molecule has 0 amide bonds. The number of nitrogens with two attached hydrogens (primary N) is 1. The first-order chi connectivity index (χ1) is 8.35. The Balaban J connectivity index is 2.69. The molecule has 1 aliphatic carbocycles. The Hall–Kier alpha value is -0.0800. The first-order valence-electron chi connectivity index (χ1n) is 7.75. The van der Waals surface area contributed by atoms with Crippen LogP contribution in [0.4, 0.5) is 0 Å². The van der Waals surface area contributed by atoms with Gasteiger partial charge in [-0.25, -0.2) is 0 Å². The van der Waals surface area contributed by atoms with Gasteiger partial charge in [-0.1, -0.05) is 34.1 Å². The molecule has 0 bridgehead atoms. The lowest BCUT2D eigenvalue weighted by molar-refractivity contribution is -0.102. The molecule has 0 aromatic heterocycles. The molecule has 0 saturated heterocycles. The van der Waals surface area contributed by atoms with Gasteiger partial charge in [-0.2, -0.15) is 0 Å². The van der Waals surface area contributed by atoms with Crippen LogP contribution in [0.25, 0.3) is 0 Å². The van der Waals surface area contributed by atoms with E-state index in [9.17, 15) is 0 Å². The zero-order valence-electron chi connectivity index (χ0n) is 13.1. The van der Waals surface area contributed by atoms with Crippen molar-refractivity contribution in [2.45, 2.75) is 84.8 Å². The second-order valence-electron chi connectivity index (χ2n) is 7.02. The summed E-state index contributed by atoms with van der Waals surface area (Å²) < 4.78 is 6.15. The Morgan fingerprint density at radius 3 is 2.11 bits per heavy atom. The monoisotopic (exact) mass is 255 g/mol. The average molecular weight is 255 g/mol. The van der Waals surface area contributed by atoms with Crippen molar-refractivity contribution in [2.24, 2.45) is 17.1 Å².